The van der Waals surface area contributed by atoms with E-state index in [9.17, 15) is 22.0 Å². The number of amides is 1. The van der Waals surface area contributed by atoms with Crippen LogP contribution in [0.1, 0.15) is 24.0 Å². The zero-order valence-electron chi connectivity index (χ0n) is 16.1. The molecule has 7 nitrogen and oxygen atoms in total. The molecule has 2 aliphatic rings. The molecule has 1 N–H and O–H groups in total. The minimum Gasteiger partial charge on any atom is -0.382 e. The van der Waals surface area contributed by atoms with Gasteiger partial charge in [-0.15, -0.1) is 0 Å². The van der Waals surface area contributed by atoms with Crippen LogP contribution in [0.15, 0.2) is 41.6 Å². The lowest BCUT2D eigenvalue weighted by atomic mass is 10.0. The number of hydrogen-bond donors (Lipinski definition) is 1. The van der Waals surface area contributed by atoms with Gasteiger partial charge in [0.2, 0.25) is 16.1 Å². The maximum absolute atomic E-state index is 13.9. The quantitative estimate of drug-likeness (QED) is 0.800. The van der Waals surface area contributed by atoms with E-state index in [0.717, 1.165) is 23.8 Å². The summed E-state index contributed by atoms with van der Waals surface area (Å²) < 4.78 is 53.1. The molecule has 2 aromatic carbocycles. The molecule has 1 amide bonds. The van der Waals surface area contributed by atoms with Crippen LogP contribution < -0.4 is 9.62 Å². The summed E-state index contributed by atoms with van der Waals surface area (Å²) in [5.74, 6) is -1.71. The van der Waals surface area contributed by atoms with Gasteiger partial charge >= 0.3 is 0 Å². The molecular formula is C20H19F2N3O4S. The van der Waals surface area contributed by atoms with Gasteiger partial charge in [-0.05, 0) is 49.2 Å². The van der Waals surface area contributed by atoms with Gasteiger partial charge in [0.15, 0.2) is 0 Å². The van der Waals surface area contributed by atoms with E-state index in [2.05, 4.69) is 10.5 Å². The number of halogens is 2. The Bertz CT molecular complexity index is 1150. The number of nitrogens with one attached hydrogen (secondary N) is 1. The third-order valence-corrected chi connectivity index (χ3v) is 6.90. The first-order chi connectivity index (χ1) is 14.2. The van der Waals surface area contributed by atoms with Crippen LogP contribution in [-0.4, -0.2) is 38.4 Å². The van der Waals surface area contributed by atoms with Crippen molar-refractivity contribution in [3.63, 3.8) is 0 Å². The number of carbonyl (C=O) groups is 1. The highest BCUT2D eigenvalue weighted by molar-refractivity contribution is 7.93. The number of rotatable bonds is 4. The van der Waals surface area contributed by atoms with Crippen molar-refractivity contribution < 1.29 is 26.8 Å². The van der Waals surface area contributed by atoms with Crippen LogP contribution in [0.5, 0.6) is 0 Å². The molecule has 0 saturated carbocycles. The van der Waals surface area contributed by atoms with Crippen LogP contribution in [0, 0.1) is 18.6 Å². The fourth-order valence-corrected chi connectivity index (χ4v) is 5.10. The summed E-state index contributed by atoms with van der Waals surface area (Å²) >= 11 is 0. The van der Waals surface area contributed by atoms with E-state index in [0.29, 0.717) is 24.3 Å². The van der Waals surface area contributed by atoms with Gasteiger partial charge < -0.3 is 10.2 Å². The number of aryl methyl sites for hydroxylation is 1. The van der Waals surface area contributed by atoms with Crippen LogP contribution in [0.2, 0.25) is 0 Å². The number of sulfonamides is 1. The van der Waals surface area contributed by atoms with E-state index in [1.807, 2.05) is 0 Å². The second kappa shape index (κ2) is 7.67. The Kier molecular flexibility index (Phi) is 5.19. The molecule has 2 aromatic rings. The Morgan fingerprint density at radius 2 is 2.03 bits per heavy atom. The van der Waals surface area contributed by atoms with E-state index in [4.69, 9.17) is 4.84 Å². The van der Waals surface area contributed by atoms with Crippen molar-refractivity contribution in [2.75, 3.05) is 21.9 Å². The van der Waals surface area contributed by atoms with Crippen molar-refractivity contribution in [1.29, 1.82) is 0 Å². The van der Waals surface area contributed by atoms with Crippen LogP contribution in [0.25, 0.3) is 0 Å². The Labute approximate surface area is 172 Å². The first-order valence-corrected chi connectivity index (χ1v) is 11.0. The summed E-state index contributed by atoms with van der Waals surface area (Å²) in [5.41, 5.74) is 1.76. The number of carbonyl (C=O) groups excluding carboxylic acids is 1. The minimum atomic E-state index is -3.36. The zero-order chi connectivity index (χ0) is 21.5. The summed E-state index contributed by atoms with van der Waals surface area (Å²) in [6, 6.07) is 7.95. The topological polar surface area (TPSA) is 88.1 Å². The smallest absolute Gasteiger partial charge is 0.268 e. The van der Waals surface area contributed by atoms with Gasteiger partial charge in [-0.2, -0.15) is 0 Å². The second-order valence-electron chi connectivity index (χ2n) is 7.19. The molecule has 2 heterocycles. The minimum absolute atomic E-state index is 0.0224. The van der Waals surface area contributed by atoms with Crippen LogP contribution in [0.4, 0.5) is 20.2 Å². The molecule has 10 heteroatoms. The third kappa shape index (κ3) is 3.87. The Morgan fingerprint density at radius 3 is 2.77 bits per heavy atom. The largest absolute Gasteiger partial charge is 0.382 e. The number of nitrogens with zero attached hydrogens (tertiary/aromatic N) is 2. The van der Waals surface area contributed by atoms with Crippen molar-refractivity contribution in [3.05, 3.63) is 59.2 Å². The first-order valence-electron chi connectivity index (χ1n) is 9.34. The molecule has 0 spiro atoms. The molecule has 0 aromatic heterocycles. The lowest BCUT2D eigenvalue weighted by Crippen LogP contribution is -2.29. The SMILES string of the molecule is Cc1ccc(NC(=O)[C@@H]2CC(c3cc(F)ccc3F)=NO2)cc1N1CCCS1(=O)=O. The molecule has 1 saturated heterocycles. The first kappa shape index (κ1) is 20.3. The number of oxime groups is 1. The van der Waals surface area contributed by atoms with E-state index >= 15 is 0 Å². The molecule has 2 aliphatic heterocycles. The standard InChI is InChI=1S/C20H19F2N3O4S/c1-12-3-5-14(10-18(12)25-7-2-8-30(25,27)28)23-20(26)19-11-17(24-29-19)15-9-13(21)4-6-16(15)22/h3-6,9-10,19H,2,7-8,11H2,1H3,(H,23,26)/t19-/m0/s1. The second-order valence-corrected chi connectivity index (χ2v) is 9.21. The van der Waals surface area contributed by atoms with Gasteiger partial charge in [0, 0.05) is 24.2 Å². The third-order valence-electron chi connectivity index (χ3n) is 5.05. The predicted octanol–water partition coefficient (Wildman–Crippen LogP) is 2.94. The molecule has 0 radical (unpaired) electrons. The fourth-order valence-electron chi connectivity index (χ4n) is 3.48. The molecule has 1 atom stereocenters. The van der Waals surface area contributed by atoms with Gasteiger partial charge in [-0.3, -0.25) is 9.10 Å². The van der Waals surface area contributed by atoms with Crippen LogP contribution in [0.3, 0.4) is 0 Å². The Morgan fingerprint density at radius 1 is 1.23 bits per heavy atom. The Balaban J connectivity index is 1.48. The average molecular weight is 435 g/mol. The van der Waals surface area contributed by atoms with Crippen molar-refractivity contribution in [2.45, 2.75) is 25.9 Å². The number of hydrogen-bond acceptors (Lipinski definition) is 5. The summed E-state index contributed by atoms with van der Waals surface area (Å²) in [6.45, 7) is 2.19. The highest BCUT2D eigenvalue weighted by Gasteiger charge is 2.32. The fraction of sp³-hybridized carbons (Fsp3) is 0.300. The molecule has 0 bridgehead atoms. The molecule has 30 heavy (non-hydrogen) atoms. The van der Waals surface area contributed by atoms with Gasteiger partial charge in [0.05, 0.1) is 17.2 Å². The summed E-state index contributed by atoms with van der Waals surface area (Å²) in [6.07, 6.45) is -0.487. The monoisotopic (exact) mass is 435 g/mol. The molecule has 0 unspecified atom stereocenters. The van der Waals surface area contributed by atoms with Crippen molar-refractivity contribution >= 4 is 33.0 Å². The average Bonchev–Trinajstić information content (AvgIpc) is 3.32. The van der Waals surface area contributed by atoms with Crippen molar-refractivity contribution in [2.24, 2.45) is 5.16 Å². The van der Waals surface area contributed by atoms with E-state index in [1.54, 1.807) is 25.1 Å². The van der Waals surface area contributed by atoms with Gasteiger partial charge in [0.1, 0.15) is 11.6 Å². The van der Waals surface area contributed by atoms with Crippen LogP contribution >= 0.6 is 0 Å². The number of anilines is 2. The normalized spacial score (nSPS) is 20.0. The van der Waals surface area contributed by atoms with Crippen molar-refractivity contribution in [3.8, 4) is 0 Å². The van der Waals surface area contributed by atoms with Gasteiger partial charge in [-0.1, -0.05) is 11.2 Å². The molecule has 0 aliphatic carbocycles. The summed E-state index contributed by atoms with van der Waals surface area (Å²) in [7, 11) is -3.36. The molecule has 1 fully saturated rings. The maximum Gasteiger partial charge on any atom is 0.268 e. The van der Waals surface area contributed by atoms with E-state index in [1.165, 1.54) is 4.31 Å². The molecule has 4 rings (SSSR count). The van der Waals surface area contributed by atoms with E-state index < -0.39 is 33.7 Å². The summed E-state index contributed by atoms with van der Waals surface area (Å²) in [4.78, 5) is 17.7. The van der Waals surface area contributed by atoms with E-state index in [-0.39, 0.29) is 23.4 Å². The molecular weight excluding hydrogens is 416 g/mol. The molecule has 158 valence electrons. The summed E-state index contributed by atoms with van der Waals surface area (Å²) in [5, 5.41) is 6.40. The Hall–Kier alpha value is -3.01. The lowest BCUT2D eigenvalue weighted by molar-refractivity contribution is -0.125. The van der Waals surface area contributed by atoms with Gasteiger partial charge in [-0.25, -0.2) is 17.2 Å². The zero-order valence-corrected chi connectivity index (χ0v) is 16.9. The highest BCUT2D eigenvalue weighted by atomic mass is 32.2. The lowest BCUT2D eigenvalue weighted by Gasteiger charge is -2.20. The highest BCUT2D eigenvalue weighted by Crippen LogP contribution is 2.30. The predicted molar refractivity (Wildman–Crippen MR) is 108 cm³/mol. The van der Waals surface area contributed by atoms with Crippen LogP contribution in [-0.2, 0) is 19.7 Å². The van der Waals surface area contributed by atoms with Gasteiger partial charge in [0.25, 0.3) is 5.91 Å². The van der Waals surface area contributed by atoms with Crippen molar-refractivity contribution in [1.82, 2.24) is 0 Å². The maximum atomic E-state index is 13.9. The number of benzene rings is 2.